The van der Waals surface area contributed by atoms with Gasteiger partial charge in [-0.2, -0.15) is 0 Å². The molecule has 0 aliphatic rings. The average Bonchev–Trinajstić information content (AvgIpc) is 2.46. The Kier molecular flexibility index (Phi) is 4.62. The molecular weight excluding hydrogens is 378 g/mol. The van der Waals surface area contributed by atoms with E-state index in [0.29, 0.717) is 9.54 Å². The highest BCUT2D eigenvalue weighted by Crippen LogP contribution is 2.31. The van der Waals surface area contributed by atoms with Crippen LogP contribution in [0.5, 0.6) is 0 Å². The largest absolute Gasteiger partial charge is 0.250 e. The molecule has 1 heterocycles. The molecule has 0 aliphatic carbocycles. The van der Waals surface area contributed by atoms with Crippen LogP contribution in [-0.4, -0.2) is 19.3 Å². The molecule has 0 bridgehead atoms. The van der Waals surface area contributed by atoms with Crippen molar-refractivity contribution in [3.8, 4) is 0 Å². The smallest absolute Gasteiger partial charge is 0.206 e. The van der Waals surface area contributed by atoms with E-state index >= 15 is 0 Å². The number of nitrogens with one attached hydrogen (secondary N) is 1. The number of sulfonamides is 1. The lowest BCUT2D eigenvalue weighted by molar-refractivity contribution is 0.501. The van der Waals surface area contributed by atoms with Crippen molar-refractivity contribution in [1.82, 2.24) is 4.72 Å². The molecule has 0 unspecified atom stereocenters. The molecule has 3 nitrogen and oxygen atoms in total. The van der Waals surface area contributed by atoms with Crippen molar-refractivity contribution in [3.05, 3.63) is 15.4 Å². The zero-order valence-electron chi connectivity index (χ0n) is 9.17. The van der Waals surface area contributed by atoms with Gasteiger partial charge in [0, 0.05) is 10.9 Å². The summed E-state index contributed by atoms with van der Waals surface area (Å²) in [6, 6.07) is 1.67. The molecule has 0 spiro atoms. The molecule has 7 heteroatoms. The highest BCUT2D eigenvalue weighted by molar-refractivity contribution is 9.11. The third-order valence-electron chi connectivity index (χ3n) is 1.84. The van der Waals surface area contributed by atoms with E-state index in [2.05, 4.69) is 36.6 Å². The highest BCUT2D eigenvalue weighted by Gasteiger charge is 2.26. The standard InChI is InChI=1S/C9H13Br2NO2S2/c1-6-4-7(15-8(6)11)16(13,14)12-9(2,3)5-10/h4,12H,5H2,1-3H3. The predicted molar refractivity (Wildman–Crippen MR) is 75.0 cm³/mol. The normalized spacial score (nSPS) is 13.1. The Balaban J connectivity index is 3.04. The van der Waals surface area contributed by atoms with Crippen molar-refractivity contribution in [3.63, 3.8) is 0 Å². The first-order chi connectivity index (χ1) is 7.18. The third kappa shape index (κ3) is 3.53. The summed E-state index contributed by atoms with van der Waals surface area (Å²) in [5.74, 6) is 0. The minimum Gasteiger partial charge on any atom is -0.206 e. The number of hydrogen-bond acceptors (Lipinski definition) is 3. The summed E-state index contributed by atoms with van der Waals surface area (Å²) in [7, 11) is -3.42. The van der Waals surface area contributed by atoms with Crippen LogP contribution < -0.4 is 4.72 Å². The molecule has 16 heavy (non-hydrogen) atoms. The van der Waals surface area contributed by atoms with Crippen LogP contribution in [0.4, 0.5) is 0 Å². The minimum atomic E-state index is -3.42. The van der Waals surface area contributed by atoms with Crippen molar-refractivity contribution in [2.24, 2.45) is 0 Å². The summed E-state index contributed by atoms with van der Waals surface area (Å²) < 4.78 is 27.9. The van der Waals surface area contributed by atoms with Gasteiger partial charge in [-0.1, -0.05) is 15.9 Å². The number of hydrogen-bond donors (Lipinski definition) is 1. The van der Waals surface area contributed by atoms with Crippen molar-refractivity contribution < 1.29 is 8.42 Å². The fourth-order valence-electron chi connectivity index (χ4n) is 1.01. The molecule has 0 saturated carbocycles. The van der Waals surface area contributed by atoms with Crippen LogP contribution in [0.15, 0.2) is 14.1 Å². The van der Waals surface area contributed by atoms with Crippen LogP contribution in [0.1, 0.15) is 19.4 Å². The van der Waals surface area contributed by atoms with Crippen molar-refractivity contribution in [2.45, 2.75) is 30.5 Å². The Morgan fingerprint density at radius 1 is 1.50 bits per heavy atom. The number of rotatable bonds is 4. The second-order valence-electron chi connectivity index (χ2n) is 4.15. The first-order valence-electron chi connectivity index (χ1n) is 4.54. The maximum atomic E-state index is 12.0. The monoisotopic (exact) mass is 389 g/mol. The first-order valence-corrected chi connectivity index (χ1v) is 8.75. The van der Waals surface area contributed by atoms with Crippen LogP contribution in [0.25, 0.3) is 0 Å². The van der Waals surface area contributed by atoms with Gasteiger partial charge in [-0.05, 0) is 48.3 Å². The molecule has 92 valence electrons. The Morgan fingerprint density at radius 3 is 2.44 bits per heavy atom. The number of thiophene rings is 1. The van der Waals surface area contributed by atoms with Crippen LogP contribution in [-0.2, 0) is 10.0 Å². The lowest BCUT2D eigenvalue weighted by Crippen LogP contribution is -2.44. The minimum absolute atomic E-state index is 0.339. The maximum Gasteiger partial charge on any atom is 0.250 e. The van der Waals surface area contributed by atoms with Crippen LogP contribution in [0, 0.1) is 6.92 Å². The van der Waals surface area contributed by atoms with Gasteiger partial charge in [-0.3, -0.25) is 0 Å². The van der Waals surface area contributed by atoms with Crippen LogP contribution in [0.3, 0.4) is 0 Å². The second kappa shape index (κ2) is 5.06. The molecular formula is C9H13Br2NO2S2. The fourth-order valence-corrected chi connectivity index (χ4v) is 4.97. The van der Waals surface area contributed by atoms with Gasteiger partial charge in [-0.15, -0.1) is 11.3 Å². The Morgan fingerprint density at radius 2 is 2.06 bits per heavy atom. The molecule has 1 N–H and O–H groups in total. The molecule has 1 rings (SSSR count). The van der Waals surface area contributed by atoms with Crippen molar-refractivity contribution >= 4 is 53.2 Å². The summed E-state index contributed by atoms with van der Waals surface area (Å²) in [5, 5.41) is 0.560. The summed E-state index contributed by atoms with van der Waals surface area (Å²) >= 11 is 7.83. The third-order valence-corrected chi connectivity index (χ3v) is 7.55. The molecule has 0 atom stereocenters. The van der Waals surface area contributed by atoms with E-state index in [-0.39, 0.29) is 0 Å². The van der Waals surface area contributed by atoms with E-state index in [9.17, 15) is 8.42 Å². The lowest BCUT2D eigenvalue weighted by Gasteiger charge is -2.22. The number of aryl methyl sites for hydroxylation is 1. The Labute approximate surface area is 117 Å². The van der Waals surface area contributed by atoms with E-state index in [4.69, 9.17) is 0 Å². The van der Waals surface area contributed by atoms with E-state index in [1.807, 2.05) is 20.8 Å². The van der Waals surface area contributed by atoms with Gasteiger partial charge < -0.3 is 0 Å². The molecule has 0 radical (unpaired) electrons. The molecule has 0 fully saturated rings. The summed E-state index contributed by atoms with van der Waals surface area (Å²) in [5.41, 5.74) is 0.436. The fraction of sp³-hybridized carbons (Fsp3) is 0.556. The quantitative estimate of drug-likeness (QED) is 0.802. The highest BCUT2D eigenvalue weighted by atomic mass is 79.9. The SMILES string of the molecule is Cc1cc(S(=O)(=O)NC(C)(C)CBr)sc1Br. The first kappa shape index (κ1) is 14.6. The Hall–Kier alpha value is 0.570. The molecule has 0 saturated heterocycles. The van der Waals surface area contributed by atoms with E-state index < -0.39 is 15.6 Å². The number of halogens is 2. The molecule has 0 aromatic carbocycles. The Bertz CT molecular complexity index is 460. The second-order valence-corrected chi connectivity index (χ2v) is 8.99. The van der Waals surface area contributed by atoms with Gasteiger partial charge in [0.1, 0.15) is 4.21 Å². The van der Waals surface area contributed by atoms with Gasteiger partial charge in [-0.25, -0.2) is 13.1 Å². The van der Waals surface area contributed by atoms with Crippen LogP contribution >= 0.6 is 43.2 Å². The van der Waals surface area contributed by atoms with E-state index in [1.54, 1.807) is 6.07 Å². The van der Waals surface area contributed by atoms with Gasteiger partial charge in [0.05, 0.1) is 3.79 Å². The molecule has 0 amide bonds. The average molecular weight is 391 g/mol. The van der Waals surface area contributed by atoms with Crippen molar-refractivity contribution in [2.75, 3.05) is 5.33 Å². The zero-order valence-corrected chi connectivity index (χ0v) is 14.0. The maximum absolute atomic E-state index is 12.0. The van der Waals surface area contributed by atoms with Gasteiger partial charge >= 0.3 is 0 Å². The summed E-state index contributed by atoms with van der Waals surface area (Å²) in [6.45, 7) is 5.53. The van der Waals surface area contributed by atoms with Crippen molar-refractivity contribution in [1.29, 1.82) is 0 Å². The molecule has 0 aliphatic heterocycles. The van der Waals surface area contributed by atoms with Gasteiger partial charge in [0.15, 0.2) is 0 Å². The summed E-state index contributed by atoms with van der Waals surface area (Å²) in [6.07, 6.45) is 0. The lowest BCUT2D eigenvalue weighted by atomic mass is 10.1. The zero-order chi connectivity index (χ0) is 12.6. The van der Waals surface area contributed by atoms with Crippen LogP contribution in [0.2, 0.25) is 0 Å². The van der Waals surface area contributed by atoms with E-state index in [1.165, 1.54) is 11.3 Å². The molecule has 1 aromatic rings. The summed E-state index contributed by atoms with van der Waals surface area (Å²) in [4.78, 5) is 0. The van der Waals surface area contributed by atoms with Gasteiger partial charge in [0.2, 0.25) is 0 Å². The number of alkyl halides is 1. The van der Waals surface area contributed by atoms with Gasteiger partial charge in [0.25, 0.3) is 10.0 Å². The molecule has 1 aromatic heterocycles. The predicted octanol–water partition coefficient (Wildman–Crippen LogP) is 3.27. The topological polar surface area (TPSA) is 46.2 Å². The van der Waals surface area contributed by atoms with E-state index in [0.717, 1.165) is 9.35 Å².